The lowest BCUT2D eigenvalue weighted by molar-refractivity contribution is 0.568. The van der Waals surface area contributed by atoms with E-state index in [0.29, 0.717) is 12.6 Å². The molecule has 0 saturated heterocycles. The van der Waals surface area contributed by atoms with Crippen LogP contribution in [-0.2, 0) is 19.3 Å². The molecule has 1 aliphatic rings. The second kappa shape index (κ2) is 6.61. The van der Waals surface area contributed by atoms with Crippen LogP contribution in [0.25, 0.3) is 0 Å². The molecule has 1 nitrogen and oxygen atoms in total. The quantitative estimate of drug-likeness (QED) is 0.821. The summed E-state index contributed by atoms with van der Waals surface area (Å²) in [5.74, 6) is 2.66. The van der Waals surface area contributed by atoms with Gasteiger partial charge < -0.3 is 0 Å². The van der Waals surface area contributed by atoms with Crippen LogP contribution in [0.15, 0.2) is 48.5 Å². The standard InChI is InChI=1S/C20H21N/c1-2-14-21-20-13-11-18-15-17(10-12-19(18)20)9-8-16-6-4-3-5-7-16/h1,3-7,10,12,15,20-21H,8-9,11,13-14H2. The third-order valence-electron chi connectivity index (χ3n) is 4.28. The van der Waals surface area contributed by atoms with Crippen LogP contribution in [0.5, 0.6) is 0 Å². The highest BCUT2D eigenvalue weighted by molar-refractivity contribution is 5.38. The molecule has 0 radical (unpaired) electrons. The molecule has 0 heterocycles. The maximum Gasteiger partial charge on any atom is 0.0578 e. The summed E-state index contributed by atoms with van der Waals surface area (Å²) in [6, 6.07) is 18.1. The van der Waals surface area contributed by atoms with E-state index in [1.165, 1.54) is 28.7 Å². The Morgan fingerprint density at radius 1 is 1.05 bits per heavy atom. The maximum absolute atomic E-state index is 5.33. The third-order valence-corrected chi connectivity index (χ3v) is 4.28. The maximum atomic E-state index is 5.33. The molecule has 0 aliphatic heterocycles. The molecule has 1 aliphatic carbocycles. The second-order valence-electron chi connectivity index (χ2n) is 5.70. The van der Waals surface area contributed by atoms with Gasteiger partial charge in [0.2, 0.25) is 0 Å². The van der Waals surface area contributed by atoms with E-state index in [-0.39, 0.29) is 0 Å². The summed E-state index contributed by atoms with van der Waals surface area (Å²) < 4.78 is 0. The first-order valence-electron chi connectivity index (χ1n) is 7.69. The van der Waals surface area contributed by atoms with Gasteiger partial charge in [0.15, 0.2) is 0 Å². The number of hydrogen-bond donors (Lipinski definition) is 1. The van der Waals surface area contributed by atoms with Crippen LogP contribution in [0, 0.1) is 12.3 Å². The van der Waals surface area contributed by atoms with Crippen molar-refractivity contribution in [2.75, 3.05) is 6.54 Å². The Hall–Kier alpha value is -2.04. The van der Waals surface area contributed by atoms with Gasteiger partial charge in [-0.25, -0.2) is 0 Å². The summed E-state index contributed by atoms with van der Waals surface area (Å²) in [5.41, 5.74) is 5.78. The third kappa shape index (κ3) is 3.35. The van der Waals surface area contributed by atoms with Crippen molar-refractivity contribution in [2.45, 2.75) is 31.7 Å². The number of benzene rings is 2. The van der Waals surface area contributed by atoms with Gasteiger partial charge in [0.25, 0.3) is 0 Å². The van der Waals surface area contributed by atoms with E-state index in [0.717, 1.165) is 19.3 Å². The van der Waals surface area contributed by atoms with E-state index in [2.05, 4.69) is 59.8 Å². The van der Waals surface area contributed by atoms with Crippen LogP contribution in [-0.4, -0.2) is 6.54 Å². The topological polar surface area (TPSA) is 12.0 Å². The van der Waals surface area contributed by atoms with Crippen molar-refractivity contribution in [3.8, 4) is 12.3 Å². The molecule has 0 amide bonds. The highest BCUT2D eigenvalue weighted by Crippen LogP contribution is 2.31. The van der Waals surface area contributed by atoms with Gasteiger partial charge in [-0.1, -0.05) is 54.5 Å². The molecule has 106 valence electrons. The lowest BCUT2D eigenvalue weighted by Crippen LogP contribution is -2.19. The minimum Gasteiger partial charge on any atom is -0.299 e. The highest BCUT2D eigenvalue weighted by Gasteiger charge is 2.21. The fraction of sp³-hybridized carbons (Fsp3) is 0.300. The molecule has 1 heteroatoms. The minimum atomic E-state index is 0.444. The van der Waals surface area contributed by atoms with Gasteiger partial charge in [-0.3, -0.25) is 5.32 Å². The molecule has 0 saturated carbocycles. The van der Waals surface area contributed by atoms with Crippen molar-refractivity contribution in [1.82, 2.24) is 5.32 Å². The van der Waals surface area contributed by atoms with Gasteiger partial charge in [0.1, 0.15) is 0 Å². The number of aryl methyl sites for hydroxylation is 3. The summed E-state index contributed by atoms with van der Waals surface area (Å²) in [6.07, 6.45) is 9.88. The van der Waals surface area contributed by atoms with E-state index in [1.54, 1.807) is 0 Å². The summed E-state index contributed by atoms with van der Waals surface area (Å²) in [6.45, 7) is 0.653. The van der Waals surface area contributed by atoms with E-state index >= 15 is 0 Å². The lowest BCUT2D eigenvalue weighted by Gasteiger charge is -2.12. The zero-order valence-electron chi connectivity index (χ0n) is 12.3. The molecule has 1 unspecified atom stereocenters. The molecular formula is C20H21N. The van der Waals surface area contributed by atoms with Crippen LogP contribution in [0.2, 0.25) is 0 Å². The lowest BCUT2D eigenvalue weighted by atomic mass is 10.00. The Labute approximate surface area is 127 Å². The Bertz CT molecular complexity index is 637. The van der Waals surface area contributed by atoms with E-state index in [4.69, 9.17) is 6.42 Å². The van der Waals surface area contributed by atoms with E-state index in [9.17, 15) is 0 Å². The van der Waals surface area contributed by atoms with Gasteiger partial charge in [0.05, 0.1) is 6.54 Å². The first-order chi connectivity index (χ1) is 10.4. The number of nitrogens with one attached hydrogen (secondary N) is 1. The molecule has 3 rings (SSSR count). The van der Waals surface area contributed by atoms with Gasteiger partial charge >= 0.3 is 0 Å². The summed E-state index contributed by atoms with van der Waals surface area (Å²) in [4.78, 5) is 0. The summed E-state index contributed by atoms with van der Waals surface area (Å²) in [7, 11) is 0. The zero-order chi connectivity index (χ0) is 14.5. The Balaban J connectivity index is 1.66. The average Bonchev–Trinajstić information content (AvgIpc) is 2.94. The molecule has 1 N–H and O–H groups in total. The SMILES string of the molecule is C#CCNC1CCc2cc(CCc3ccccc3)ccc21. The molecule has 0 fully saturated rings. The first kappa shape index (κ1) is 13.9. The Morgan fingerprint density at radius 2 is 1.86 bits per heavy atom. The van der Waals surface area contributed by atoms with Crippen molar-refractivity contribution >= 4 is 0 Å². The van der Waals surface area contributed by atoms with Crippen LogP contribution >= 0.6 is 0 Å². The van der Waals surface area contributed by atoms with Gasteiger partial charge in [-0.2, -0.15) is 0 Å². The number of terminal acetylenes is 1. The number of rotatable bonds is 5. The molecule has 2 aromatic carbocycles. The van der Waals surface area contributed by atoms with Crippen molar-refractivity contribution in [3.63, 3.8) is 0 Å². The first-order valence-corrected chi connectivity index (χ1v) is 7.69. The fourth-order valence-electron chi connectivity index (χ4n) is 3.15. The van der Waals surface area contributed by atoms with Crippen molar-refractivity contribution < 1.29 is 0 Å². The molecule has 0 spiro atoms. The Kier molecular flexibility index (Phi) is 4.38. The molecule has 21 heavy (non-hydrogen) atoms. The molecular weight excluding hydrogens is 254 g/mol. The fourth-order valence-corrected chi connectivity index (χ4v) is 3.15. The zero-order valence-corrected chi connectivity index (χ0v) is 12.3. The van der Waals surface area contributed by atoms with Crippen LogP contribution in [0.4, 0.5) is 0 Å². The monoisotopic (exact) mass is 275 g/mol. The predicted molar refractivity (Wildman–Crippen MR) is 88.2 cm³/mol. The van der Waals surface area contributed by atoms with Gasteiger partial charge in [-0.15, -0.1) is 6.42 Å². The highest BCUT2D eigenvalue weighted by atomic mass is 14.9. The normalized spacial score (nSPS) is 16.4. The van der Waals surface area contributed by atoms with Crippen molar-refractivity contribution in [3.05, 3.63) is 70.8 Å². The smallest absolute Gasteiger partial charge is 0.0578 e. The minimum absolute atomic E-state index is 0.444. The summed E-state index contributed by atoms with van der Waals surface area (Å²) in [5, 5.41) is 3.43. The molecule has 0 aromatic heterocycles. The number of hydrogen-bond acceptors (Lipinski definition) is 1. The Morgan fingerprint density at radius 3 is 2.67 bits per heavy atom. The van der Waals surface area contributed by atoms with Crippen molar-refractivity contribution in [1.29, 1.82) is 0 Å². The number of fused-ring (bicyclic) bond motifs is 1. The van der Waals surface area contributed by atoms with Gasteiger partial charge in [-0.05, 0) is 47.9 Å². The van der Waals surface area contributed by atoms with E-state index in [1.807, 2.05) is 0 Å². The van der Waals surface area contributed by atoms with E-state index < -0.39 is 0 Å². The average molecular weight is 275 g/mol. The van der Waals surface area contributed by atoms with Crippen LogP contribution in [0.3, 0.4) is 0 Å². The molecule has 2 aromatic rings. The van der Waals surface area contributed by atoms with Crippen LogP contribution in [0.1, 0.15) is 34.7 Å². The summed E-state index contributed by atoms with van der Waals surface area (Å²) >= 11 is 0. The molecule has 0 bridgehead atoms. The van der Waals surface area contributed by atoms with Gasteiger partial charge in [0, 0.05) is 6.04 Å². The van der Waals surface area contributed by atoms with Crippen molar-refractivity contribution in [2.24, 2.45) is 0 Å². The molecule has 1 atom stereocenters. The second-order valence-corrected chi connectivity index (χ2v) is 5.70. The largest absolute Gasteiger partial charge is 0.299 e. The van der Waals surface area contributed by atoms with Crippen LogP contribution < -0.4 is 5.32 Å². The predicted octanol–water partition coefficient (Wildman–Crippen LogP) is 3.68.